The molecule has 3 aromatic carbocycles. The zero-order valence-electron chi connectivity index (χ0n) is 18.2. The number of nitrogens with one attached hydrogen (secondary N) is 1. The summed E-state index contributed by atoms with van der Waals surface area (Å²) in [7, 11) is 0. The van der Waals surface area contributed by atoms with E-state index in [1.165, 1.54) is 23.1 Å². The molecule has 0 saturated heterocycles. The van der Waals surface area contributed by atoms with E-state index in [1.54, 1.807) is 6.92 Å². The summed E-state index contributed by atoms with van der Waals surface area (Å²) in [5, 5.41) is 6.58. The standard InChI is InChI=1S/C27H24FN3O2/c1-18(19-5-3-2-4-6-19)33-27(32)30-26-25(28)17-29-31(26)24-15-13-23(14-16-24)22-11-9-21(10-12-22)20-7-8-20/h2-6,9-18,20H,7-8H2,1H3,(H,30,32). The Morgan fingerprint density at radius 3 is 2.27 bits per heavy atom. The monoisotopic (exact) mass is 441 g/mol. The van der Waals surface area contributed by atoms with Gasteiger partial charge in [-0.25, -0.2) is 13.9 Å². The topological polar surface area (TPSA) is 56.1 Å². The Bertz CT molecular complexity index is 1250. The summed E-state index contributed by atoms with van der Waals surface area (Å²) in [5.41, 5.74) is 5.05. The second-order valence-electron chi connectivity index (χ2n) is 8.28. The van der Waals surface area contributed by atoms with Crippen molar-refractivity contribution in [3.8, 4) is 16.8 Å². The van der Waals surface area contributed by atoms with E-state index >= 15 is 0 Å². The van der Waals surface area contributed by atoms with Crippen LogP contribution in [0.5, 0.6) is 0 Å². The third kappa shape index (κ3) is 4.65. The molecule has 0 aliphatic heterocycles. The first kappa shape index (κ1) is 20.9. The van der Waals surface area contributed by atoms with Crippen molar-refractivity contribution in [2.75, 3.05) is 5.32 Å². The van der Waals surface area contributed by atoms with Gasteiger partial charge in [-0.3, -0.25) is 5.32 Å². The lowest BCUT2D eigenvalue weighted by atomic mass is 10.0. The number of carbonyl (C=O) groups excluding carboxylic acids is 1. The van der Waals surface area contributed by atoms with Crippen molar-refractivity contribution in [2.45, 2.75) is 31.8 Å². The Hall–Kier alpha value is -3.93. The van der Waals surface area contributed by atoms with E-state index in [2.05, 4.69) is 34.7 Å². The van der Waals surface area contributed by atoms with Gasteiger partial charge in [-0.05, 0) is 60.1 Å². The molecule has 1 amide bonds. The summed E-state index contributed by atoms with van der Waals surface area (Å²) in [5.74, 6) is 0.0188. The minimum Gasteiger partial charge on any atom is -0.441 e. The quantitative estimate of drug-likeness (QED) is 0.355. The van der Waals surface area contributed by atoms with Gasteiger partial charge < -0.3 is 4.74 Å². The summed E-state index contributed by atoms with van der Waals surface area (Å²) in [6.45, 7) is 1.76. The fourth-order valence-electron chi connectivity index (χ4n) is 3.88. The first-order valence-electron chi connectivity index (χ1n) is 11.1. The lowest BCUT2D eigenvalue weighted by Gasteiger charge is -2.15. The van der Waals surface area contributed by atoms with E-state index in [1.807, 2.05) is 54.6 Å². The highest BCUT2D eigenvalue weighted by Crippen LogP contribution is 2.40. The number of halogens is 1. The molecular formula is C27H24FN3O2. The molecule has 1 aliphatic carbocycles. The number of nitrogens with zero attached hydrogens (tertiary/aromatic N) is 2. The van der Waals surface area contributed by atoms with Gasteiger partial charge in [-0.1, -0.05) is 66.7 Å². The van der Waals surface area contributed by atoms with Crippen LogP contribution in [0.25, 0.3) is 16.8 Å². The third-order valence-electron chi connectivity index (χ3n) is 5.90. The molecule has 0 spiro atoms. The van der Waals surface area contributed by atoms with Crippen molar-refractivity contribution in [3.63, 3.8) is 0 Å². The molecule has 5 rings (SSSR count). The van der Waals surface area contributed by atoms with Gasteiger partial charge in [0.25, 0.3) is 0 Å². The minimum absolute atomic E-state index is 0.0678. The maximum absolute atomic E-state index is 14.4. The van der Waals surface area contributed by atoms with Crippen molar-refractivity contribution in [3.05, 3.63) is 102 Å². The Balaban J connectivity index is 1.30. The van der Waals surface area contributed by atoms with Crippen LogP contribution in [0.3, 0.4) is 0 Å². The number of amides is 1. The van der Waals surface area contributed by atoms with E-state index in [0.29, 0.717) is 5.69 Å². The Labute approximate surface area is 191 Å². The molecule has 5 nitrogen and oxygen atoms in total. The molecular weight excluding hydrogens is 417 g/mol. The van der Waals surface area contributed by atoms with Crippen molar-refractivity contribution in [1.29, 1.82) is 0 Å². The second-order valence-corrected chi connectivity index (χ2v) is 8.28. The minimum atomic E-state index is -0.751. The molecule has 1 atom stereocenters. The first-order valence-corrected chi connectivity index (χ1v) is 11.1. The molecule has 166 valence electrons. The Morgan fingerprint density at radius 1 is 1.00 bits per heavy atom. The molecule has 1 aromatic heterocycles. The van der Waals surface area contributed by atoms with Gasteiger partial charge in [0.2, 0.25) is 0 Å². The normalized spacial score (nSPS) is 14.0. The van der Waals surface area contributed by atoms with Crippen LogP contribution in [0, 0.1) is 5.82 Å². The summed E-state index contributed by atoms with van der Waals surface area (Å²) in [6.07, 6.45) is 2.41. The smallest absolute Gasteiger partial charge is 0.413 e. The molecule has 4 aromatic rings. The van der Waals surface area contributed by atoms with Gasteiger partial charge in [0.05, 0.1) is 11.9 Å². The average molecular weight is 442 g/mol. The number of rotatable bonds is 6. The zero-order valence-corrected chi connectivity index (χ0v) is 18.2. The highest BCUT2D eigenvalue weighted by atomic mass is 19.1. The first-order chi connectivity index (χ1) is 16.1. The van der Waals surface area contributed by atoms with Gasteiger partial charge >= 0.3 is 6.09 Å². The Kier molecular flexibility index (Phi) is 5.65. The van der Waals surface area contributed by atoms with Crippen LogP contribution >= 0.6 is 0 Å². The molecule has 1 unspecified atom stereocenters. The van der Waals surface area contributed by atoms with Crippen LogP contribution in [-0.2, 0) is 4.74 Å². The molecule has 0 bridgehead atoms. The van der Waals surface area contributed by atoms with Gasteiger partial charge in [-0.2, -0.15) is 5.10 Å². The van der Waals surface area contributed by atoms with E-state index in [9.17, 15) is 9.18 Å². The molecule has 0 radical (unpaired) electrons. The molecule has 33 heavy (non-hydrogen) atoms. The van der Waals surface area contributed by atoms with Crippen molar-refractivity contribution >= 4 is 11.9 Å². The SMILES string of the molecule is CC(OC(=O)Nc1c(F)cnn1-c1ccc(-c2ccc(C3CC3)cc2)cc1)c1ccccc1. The molecule has 1 saturated carbocycles. The average Bonchev–Trinajstić information content (AvgIpc) is 3.64. The fourth-order valence-corrected chi connectivity index (χ4v) is 3.88. The van der Waals surface area contributed by atoms with E-state index in [4.69, 9.17) is 4.74 Å². The van der Waals surface area contributed by atoms with Gasteiger partial charge in [0.1, 0.15) is 6.10 Å². The maximum atomic E-state index is 14.4. The van der Waals surface area contributed by atoms with Gasteiger partial charge in [-0.15, -0.1) is 0 Å². The molecule has 1 aliphatic rings. The fraction of sp³-hybridized carbons (Fsp3) is 0.185. The van der Waals surface area contributed by atoms with Crippen LogP contribution < -0.4 is 5.32 Å². The maximum Gasteiger partial charge on any atom is 0.413 e. The summed E-state index contributed by atoms with van der Waals surface area (Å²) in [6, 6.07) is 25.6. The van der Waals surface area contributed by atoms with E-state index in [0.717, 1.165) is 28.8 Å². The largest absolute Gasteiger partial charge is 0.441 e. The predicted octanol–water partition coefficient (Wildman–Crippen LogP) is 6.87. The number of hydrogen-bond donors (Lipinski definition) is 1. The van der Waals surface area contributed by atoms with Crippen molar-refractivity contribution in [2.24, 2.45) is 0 Å². The van der Waals surface area contributed by atoms with E-state index in [-0.39, 0.29) is 5.82 Å². The zero-order chi connectivity index (χ0) is 22.8. The summed E-state index contributed by atoms with van der Waals surface area (Å²) >= 11 is 0. The number of carbonyl (C=O) groups is 1. The van der Waals surface area contributed by atoms with E-state index < -0.39 is 18.0 Å². The highest BCUT2D eigenvalue weighted by molar-refractivity contribution is 5.84. The molecule has 6 heteroatoms. The Morgan fingerprint density at radius 2 is 1.64 bits per heavy atom. The van der Waals surface area contributed by atoms with Gasteiger partial charge in [0.15, 0.2) is 11.6 Å². The van der Waals surface area contributed by atoms with Crippen LogP contribution in [0.15, 0.2) is 85.1 Å². The van der Waals surface area contributed by atoms with Gasteiger partial charge in [0, 0.05) is 0 Å². The van der Waals surface area contributed by atoms with Crippen LogP contribution in [-0.4, -0.2) is 15.9 Å². The molecule has 1 heterocycles. The van der Waals surface area contributed by atoms with Crippen LogP contribution in [0.2, 0.25) is 0 Å². The number of anilines is 1. The summed E-state index contributed by atoms with van der Waals surface area (Å²) in [4.78, 5) is 12.4. The molecule has 1 fully saturated rings. The van der Waals surface area contributed by atoms with Crippen molar-refractivity contribution in [1.82, 2.24) is 9.78 Å². The summed E-state index contributed by atoms with van der Waals surface area (Å²) < 4.78 is 21.2. The second kappa shape index (κ2) is 8.90. The lowest BCUT2D eigenvalue weighted by molar-refractivity contribution is 0.121. The number of ether oxygens (including phenoxy) is 1. The molecule has 1 N–H and O–H groups in total. The third-order valence-corrected chi connectivity index (χ3v) is 5.90. The highest BCUT2D eigenvalue weighted by Gasteiger charge is 2.23. The predicted molar refractivity (Wildman–Crippen MR) is 126 cm³/mol. The number of hydrogen-bond acceptors (Lipinski definition) is 3. The number of aromatic nitrogens is 2. The van der Waals surface area contributed by atoms with Crippen molar-refractivity contribution < 1.29 is 13.9 Å². The van der Waals surface area contributed by atoms with Crippen LogP contribution in [0.4, 0.5) is 15.0 Å². The number of benzene rings is 3. The van der Waals surface area contributed by atoms with Crippen LogP contribution in [0.1, 0.15) is 42.9 Å². The lowest BCUT2D eigenvalue weighted by Crippen LogP contribution is -2.19.